The first-order chi connectivity index (χ1) is 13.1. The van der Waals surface area contributed by atoms with Gasteiger partial charge in [0.15, 0.2) is 0 Å². The molecule has 0 aromatic heterocycles. The molecule has 0 bridgehead atoms. The van der Waals surface area contributed by atoms with Gasteiger partial charge < -0.3 is 15.4 Å². The summed E-state index contributed by atoms with van der Waals surface area (Å²) in [7, 11) is 1.62. The number of methoxy groups -OCH3 is 1. The molecule has 0 aliphatic carbocycles. The van der Waals surface area contributed by atoms with Gasteiger partial charge in [-0.05, 0) is 55.8 Å². The van der Waals surface area contributed by atoms with E-state index in [4.69, 9.17) is 4.74 Å². The van der Waals surface area contributed by atoms with Gasteiger partial charge in [-0.2, -0.15) is 0 Å². The first kappa shape index (κ1) is 19.1. The van der Waals surface area contributed by atoms with Crippen LogP contribution in [0.15, 0.2) is 42.5 Å². The van der Waals surface area contributed by atoms with Gasteiger partial charge in [0.05, 0.1) is 18.8 Å². The molecule has 7 heteroatoms. The zero-order valence-corrected chi connectivity index (χ0v) is 15.2. The second kappa shape index (κ2) is 8.81. The van der Waals surface area contributed by atoms with Crippen LogP contribution in [0.4, 0.5) is 19.3 Å². The Bertz CT molecular complexity index is 777. The van der Waals surface area contributed by atoms with Crippen LogP contribution in [0.2, 0.25) is 0 Å². The Kier molecular flexibility index (Phi) is 6.24. The summed E-state index contributed by atoms with van der Waals surface area (Å²) in [6, 6.07) is 10.3. The summed E-state index contributed by atoms with van der Waals surface area (Å²) in [5.74, 6) is -0.722. The van der Waals surface area contributed by atoms with Crippen molar-refractivity contribution in [2.24, 2.45) is 0 Å². The lowest BCUT2D eigenvalue weighted by Crippen LogP contribution is -2.38. The van der Waals surface area contributed by atoms with Crippen molar-refractivity contribution in [1.82, 2.24) is 10.2 Å². The number of amides is 2. The number of rotatable bonds is 6. The molecular formula is C20H23F2N3O2. The third kappa shape index (κ3) is 4.95. The molecule has 3 rings (SSSR count). The van der Waals surface area contributed by atoms with E-state index in [-0.39, 0.29) is 11.7 Å². The van der Waals surface area contributed by atoms with Crippen LogP contribution in [-0.2, 0) is 0 Å². The van der Waals surface area contributed by atoms with Gasteiger partial charge in [0.1, 0.15) is 17.4 Å². The third-order valence-electron chi connectivity index (χ3n) is 4.72. The van der Waals surface area contributed by atoms with Crippen LogP contribution in [-0.4, -0.2) is 37.7 Å². The third-order valence-corrected chi connectivity index (χ3v) is 4.72. The predicted octanol–water partition coefficient (Wildman–Crippen LogP) is 3.93. The minimum Gasteiger partial charge on any atom is -0.497 e. The van der Waals surface area contributed by atoms with E-state index in [1.165, 1.54) is 6.07 Å². The van der Waals surface area contributed by atoms with Crippen LogP contribution < -0.4 is 15.4 Å². The van der Waals surface area contributed by atoms with Crippen molar-refractivity contribution in [3.05, 3.63) is 59.7 Å². The maximum absolute atomic E-state index is 13.7. The summed E-state index contributed by atoms with van der Waals surface area (Å²) in [4.78, 5) is 14.5. The number of hydrogen-bond acceptors (Lipinski definition) is 3. The molecule has 1 atom stereocenters. The standard InChI is InChI=1S/C20H23F2N3O2/c1-27-16-7-4-14(5-8-16)19(25-10-2-3-11-25)13-23-20(26)24-18-9-6-15(21)12-17(18)22/h4-9,12,19H,2-3,10-11,13H2,1H3,(H2,23,24,26)/t19-/m1/s1. The average molecular weight is 375 g/mol. The van der Waals surface area contributed by atoms with Crippen molar-refractivity contribution in [2.45, 2.75) is 18.9 Å². The highest BCUT2D eigenvalue weighted by Crippen LogP contribution is 2.26. The van der Waals surface area contributed by atoms with Crippen molar-refractivity contribution >= 4 is 11.7 Å². The normalized spacial score (nSPS) is 15.4. The molecule has 2 amide bonds. The van der Waals surface area contributed by atoms with E-state index in [9.17, 15) is 13.6 Å². The predicted molar refractivity (Wildman–Crippen MR) is 99.9 cm³/mol. The van der Waals surface area contributed by atoms with E-state index in [1.807, 2.05) is 24.3 Å². The molecule has 2 N–H and O–H groups in total. The number of anilines is 1. The first-order valence-electron chi connectivity index (χ1n) is 8.94. The Morgan fingerprint density at radius 1 is 1.15 bits per heavy atom. The van der Waals surface area contributed by atoms with Gasteiger partial charge in [0.25, 0.3) is 0 Å². The number of nitrogens with zero attached hydrogens (tertiary/aromatic N) is 1. The molecule has 1 saturated heterocycles. The highest BCUT2D eigenvalue weighted by Gasteiger charge is 2.24. The summed E-state index contributed by atoms with van der Waals surface area (Å²) in [6.07, 6.45) is 2.25. The van der Waals surface area contributed by atoms with Gasteiger partial charge in [-0.25, -0.2) is 13.6 Å². The molecule has 1 heterocycles. The minimum atomic E-state index is -0.809. The van der Waals surface area contributed by atoms with Crippen molar-refractivity contribution in [3.8, 4) is 5.75 Å². The van der Waals surface area contributed by atoms with E-state index in [0.717, 1.165) is 49.4 Å². The second-order valence-electron chi connectivity index (χ2n) is 6.49. The molecule has 0 spiro atoms. The Morgan fingerprint density at radius 2 is 1.85 bits per heavy atom. The lowest BCUT2D eigenvalue weighted by Gasteiger charge is -2.28. The molecular weight excluding hydrogens is 352 g/mol. The molecule has 1 fully saturated rings. The van der Waals surface area contributed by atoms with Gasteiger partial charge in [-0.1, -0.05) is 12.1 Å². The maximum Gasteiger partial charge on any atom is 0.319 e. The second-order valence-corrected chi connectivity index (χ2v) is 6.49. The van der Waals surface area contributed by atoms with Gasteiger partial charge in [0, 0.05) is 12.6 Å². The van der Waals surface area contributed by atoms with E-state index in [2.05, 4.69) is 15.5 Å². The number of halogens is 2. The maximum atomic E-state index is 13.7. The zero-order valence-electron chi connectivity index (χ0n) is 15.2. The first-order valence-corrected chi connectivity index (χ1v) is 8.94. The van der Waals surface area contributed by atoms with E-state index in [0.29, 0.717) is 6.54 Å². The Hall–Kier alpha value is -2.67. The number of urea groups is 1. The van der Waals surface area contributed by atoms with Crippen LogP contribution in [0.3, 0.4) is 0 Å². The van der Waals surface area contributed by atoms with Crippen LogP contribution in [0.5, 0.6) is 5.75 Å². The highest BCUT2D eigenvalue weighted by molar-refractivity contribution is 5.89. The molecule has 1 aliphatic heterocycles. The SMILES string of the molecule is COc1ccc([C@@H](CNC(=O)Nc2ccc(F)cc2F)N2CCCC2)cc1. The number of carbonyl (C=O) groups excluding carboxylic acids is 1. The summed E-state index contributed by atoms with van der Waals surface area (Å²) >= 11 is 0. The van der Waals surface area contributed by atoms with Crippen LogP contribution >= 0.6 is 0 Å². The average Bonchev–Trinajstić information content (AvgIpc) is 3.19. The fourth-order valence-corrected chi connectivity index (χ4v) is 3.28. The van der Waals surface area contributed by atoms with Crippen molar-refractivity contribution in [1.29, 1.82) is 0 Å². The Labute approximate surface area is 157 Å². The van der Waals surface area contributed by atoms with Gasteiger partial charge in [-0.15, -0.1) is 0 Å². The zero-order chi connectivity index (χ0) is 19.2. The van der Waals surface area contributed by atoms with Crippen molar-refractivity contribution in [2.75, 3.05) is 32.1 Å². The van der Waals surface area contributed by atoms with E-state index in [1.54, 1.807) is 7.11 Å². The summed E-state index contributed by atoms with van der Waals surface area (Å²) in [5.41, 5.74) is 1.02. The smallest absolute Gasteiger partial charge is 0.319 e. The molecule has 0 saturated carbocycles. The van der Waals surface area contributed by atoms with Gasteiger partial charge >= 0.3 is 6.03 Å². The molecule has 5 nitrogen and oxygen atoms in total. The fourth-order valence-electron chi connectivity index (χ4n) is 3.28. The number of likely N-dealkylation sites (tertiary alicyclic amines) is 1. The highest BCUT2D eigenvalue weighted by atomic mass is 19.1. The van der Waals surface area contributed by atoms with E-state index >= 15 is 0 Å². The Morgan fingerprint density at radius 3 is 2.48 bits per heavy atom. The largest absolute Gasteiger partial charge is 0.497 e. The summed E-state index contributed by atoms with van der Waals surface area (Å²) in [6.45, 7) is 2.31. The molecule has 144 valence electrons. The van der Waals surface area contributed by atoms with Crippen LogP contribution in [0.1, 0.15) is 24.4 Å². The quantitative estimate of drug-likeness (QED) is 0.804. The van der Waals surface area contributed by atoms with Crippen LogP contribution in [0, 0.1) is 11.6 Å². The summed E-state index contributed by atoms with van der Waals surface area (Å²) in [5, 5.41) is 5.22. The molecule has 2 aromatic rings. The number of hydrogen-bond donors (Lipinski definition) is 2. The summed E-state index contributed by atoms with van der Waals surface area (Å²) < 4.78 is 31.9. The number of benzene rings is 2. The number of nitrogens with one attached hydrogen (secondary N) is 2. The molecule has 27 heavy (non-hydrogen) atoms. The lowest BCUT2D eigenvalue weighted by atomic mass is 10.1. The van der Waals surface area contributed by atoms with Crippen molar-refractivity contribution < 1.29 is 18.3 Å². The molecule has 2 aromatic carbocycles. The van der Waals surface area contributed by atoms with E-state index < -0.39 is 17.7 Å². The molecule has 0 radical (unpaired) electrons. The van der Waals surface area contributed by atoms with Gasteiger partial charge in [-0.3, -0.25) is 4.90 Å². The van der Waals surface area contributed by atoms with Crippen LogP contribution in [0.25, 0.3) is 0 Å². The minimum absolute atomic E-state index is 0.0159. The molecule has 0 unspecified atom stereocenters. The number of carbonyl (C=O) groups is 1. The van der Waals surface area contributed by atoms with Gasteiger partial charge in [0.2, 0.25) is 0 Å². The monoisotopic (exact) mass is 375 g/mol. The fraction of sp³-hybridized carbons (Fsp3) is 0.350. The molecule has 1 aliphatic rings. The number of ether oxygens (including phenoxy) is 1. The topological polar surface area (TPSA) is 53.6 Å². The lowest BCUT2D eigenvalue weighted by molar-refractivity contribution is 0.227. The van der Waals surface area contributed by atoms with Crippen molar-refractivity contribution in [3.63, 3.8) is 0 Å². The Balaban J connectivity index is 1.65.